The van der Waals surface area contributed by atoms with Crippen molar-refractivity contribution in [2.75, 3.05) is 29.9 Å². The largest absolute Gasteiger partial charge is 0.462 e. The number of esters is 1. The van der Waals surface area contributed by atoms with E-state index in [9.17, 15) is 24.5 Å². The second kappa shape index (κ2) is 9.90. The van der Waals surface area contributed by atoms with Crippen LogP contribution in [0.2, 0.25) is 0 Å². The molecule has 32 heavy (non-hydrogen) atoms. The summed E-state index contributed by atoms with van der Waals surface area (Å²) in [5.41, 5.74) is 6.09. The van der Waals surface area contributed by atoms with Gasteiger partial charge in [0.05, 0.1) is 28.5 Å². The maximum Gasteiger partial charge on any atom is 0.338 e. The second-order valence-corrected chi connectivity index (χ2v) is 7.34. The summed E-state index contributed by atoms with van der Waals surface area (Å²) < 4.78 is 4.90. The number of non-ortho nitro benzene ring substituents is 1. The lowest BCUT2D eigenvalue weighted by Crippen LogP contribution is -2.30. The van der Waals surface area contributed by atoms with Crippen LogP contribution in [0, 0.1) is 10.1 Å². The zero-order valence-corrected chi connectivity index (χ0v) is 17.6. The van der Waals surface area contributed by atoms with Gasteiger partial charge in [0.1, 0.15) is 0 Å². The zero-order chi connectivity index (χ0) is 23.3. The van der Waals surface area contributed by atoms with Gasteiger partial charge in [0.2, 0.25) is 5.91 Å². The number of nitrogens with zero attached hydrogens (tertiary/aromatic N) is 2. The van der Waals surface area contributed by atoms with Crippen molar-refractivity contribution in [3.63, 3.8) is 0 Å². The molecule has 0 radical (unpaired) electrons. The molecule has 10 nitrogen and oxygen atoms in total. The van der Waals surface area contributed by atoms with Gasteiger partial charge in [0.25, 0.3) is 11.6 Å². The Hall–Kier alpha value is -3.95. The van der Waals surface area contributed by atoms with E-state index < -0.39 is 28.4 Å². The van der Waals surface area contributed by atoms with E-state index >= 15 is 0 Å². The van der Waals surface area contributed by atoms with Crippen LogP contribution >= 0.6 is 0 Å². The van der Waals surface area contributed by atoms with Crippen LogP contribution in [0.3, 0.4) is 0 Å². The summed E-state index contributed by atoms with van der Waals surface area (Å²) in [4.78, 5) is 49.5. The average molecular weight is 440 g/mol. The molecule has 2 amide bonds. The summed E-state index contributed by atoms with van der Waals surface area (Å²) in [6.45, 7) is 3.28. The first-order chi connectivity index (χ1) is 15.3. The number of anilines is 2. The first-order valence-corrected chi connectivity index (χ1v) is 10.3. The third-order valence-electron chi connectivity index (χ3n) is 5.13. The molecule has 1 heterocycles. The lowest BCUT2D eigenvalue weighted by Gasteiger charge is -2.30. The van der Waals surface area contributed by atoms with Gasteiger partial charge in [0.15, 0.2) is 0 Å². The topological polar surface area (TPSA) is 145 Å². The Labute approximate surface area is 184 Å². The number of primary amides is 1. The van der Waals surface area contributed by atoms with Crippen molar-refractivity contribution in [2.45, 2.75) is 26.2 Å². The summed E-state index contributed by atoms with van der Waals surface area (Å²) >= 11 is 0. The van der Waals surface area contributed by atoms with Crippen molar-refractivity contribution in [2.24, 2.45) is 5.73 Å². The zero-order valence-electron chi connectivity index (χ0n) is 17.6. The van der Waals surface area contributed by atoms with E-state index in [1.165, 1.54) is 12.1 Å². The number of hydrogen-bond donors (Lipinski definition) is 2. The number of hydrogen-bond acceptors (Lipinski definition) is 7. The average Bonchev–Trinajstić information content (AvgIpc) is 2.79. The van der Waals surface area contributed by atoms with E-state index in [2.05, 4.69) is 10.2 Å². The van der Waals surface area contributed by atoms with E-state index in [1.54, 1.807) is 19.1 Å². The highest BCUT2D eigenvalue weighted by atomic mass is 16.6. The number of nitro groups is 1. The molecule has 0 spiro atoms. The molecule has 2 aromatic carbocycles. The normalized spacial score (nSPS) is 13.3. The first-order valence-electron chi connectivity index (χ1n) is 10.3. The number of ether oxygens (including phenoxy) is 1. The molecule has 1 aliphatic rings. The van der Waals surface area contributed by atoms with Crippen molar-refractivity contribution < 1.29 is 24.0 Å². The SMILES string of the molecule is CCOC(=O)c1cc(C(=O)Nc2cc(C(N)=O)ccc2N2CCCCC2)cc([N+](=O)[O-])c1. The minimum atomic E-state index is -0.769. The molecule has 10 heteroatoms. The predicted molar refractivity (Wildman–Crippen MR) is 118 cm³/mol. The highest BCUT2D eigenvalue weighted by Gasteiger charge is 2.21. The van der Waals surface area contributed by atoms with Gasteiger partial charge < -0.3 is 20.7 Å². The van der Waals surface area contributed by atoms with E-state index in [0.717, 1.165) is 50.2 Å². The van der Waals surface area contributed by atoms with Gasteiger partial charge in [-0.2, -0.15) is 0 Å². The first kappa shape index (κ1) is 22.7. The third kappa shape index (κ3) is 5.20. The quantitative estimate of drug-likeness (QED) is 0.382. The Morgan fingerprint density at radius 3 is 2.38 bits per heavy atom. The molecule has 1 aliphatic heterocycles. The minimum absolute atomic E-state index is 0.0855. The fraction of sp³-hybridized carbons (Fsp3) is 0.318. The van der Waals surface area contributed by atoms with E-state index in [4.69, 9.17) is 10.5 Å². The number of amides is 2. The van der Waals surface area contributed by atoms with Gasteiger partial charge >= 0.3 is 5.97 Å². The molecule has 0 aliphatic carbocycles. The van der Waals surface area contributed by atoms with Gasteiger partial charge in [0, 0.05) is 36.3 Å². The fourth-order valence-electron chi connectivity index (χ4n) is 3.57. The number of rotatable bonds is 7. The number of carbonyl (C=O) groups is 3. The lowest BCUT2D eigenvalue weighted by molar-refractivity contribution is -0.384. The Bertz CT molecular complexity index is 1060. The molecule has 1 saturated heterocycles. The minimum Gasteiger partial charge on any atom is -0.462 e. The Balaban J connectivity index is 1.98. The van der Waals surface area contributed by atoms with E-state index in [1.807, 2.05) is 0 Å². The van der Waals surface area contributed by atoms with Crippen molar-refractivity contribution in [1.82, 2.24) is 0 Å². The molecule has 0 atom stereocenters. The third-order valence-corrected chi connectivity index (χ3v) is 5.13. The Morgan fingerprint density at radius 1 is 1.06 bits per heavy atom. The molecule has 168 valence electrons. The number of nitrogens with one attached hydrogen (secondary N) is 1. The van der Waals surface area contributed by atoms with Gasteiger partial charge in [-0.3, -0.25) is 19.7 Å². The van der Waals surface area contributed by atoms with Crippen LogP contribution in [-0.4, -0.2) is 42.4 Å². The lowest BCUT2D eigenvalue weighted by atomic mass is 10.1. The van der Waals surface area contributed by atoms with Crippen LogP contribution in [0.25, 0.3) is 0 Å². The standard InChI is InChI=1S/C22H24N4O6/c1-2-32-22(29)16-10-15(11-17(12-16)26(30)31)21(28)24-18-13-14(20(23)27)6-7-19(18)25-8-4-3-5-9-25/h6-7,10-13H,2-5,8-9H2,1H3,(H2,23,27)(H,24,28). The predicted octanol–water partition coefficient (Wildman–Crippen LogP) is 3.11. The number of carbonyl (C=O) groups excluding carboxylic acids is 3. The molecular weight excluding hydrogens is 416 g/mol. The highest BCUT2D eigenvalue weighted by molar-refractivity contribution is 6.08. The number of benzene rings is 2. The Morgan fingerprint density at radius 2 is 1.75 bits per heavy atom. The molecule has 2 aromatic rings. The smallest absolute Gasteiger partial charge is 0.338 e. The van der Waals surface area contributed by atoms with Crippen molar-refractivity contribution in [3.8, 4) is 0 Å². The van der Waals surface area contributed by atoms with Crippen LogP contribution in [0.5, 0.6) is 0 Å². The van der Waals surface area contributed by atoms with Gasteiger partial charge in [-0.1, -0.05) is 0 Å². The van der Waals surface area contributed by atoms with Gasteiger partial charge in [-0.15, -0.1) is 0 Å². The summed E-state index contributed by atoms with van der Waals surface area (Å²) in [5.74, 6) is -2.08. The Kier molecular flexibility index (Phi) is 7.04. The molecular formula is C22H24N4O6. The molecule has 0 unspecified atom stereocenters. The van der Waals surface area contributed by atoms with Crippen LogP contribution in [0.4, 0.5) is 17.1 Å². The number of nitro benzene ring substituents is 1. The van der Waals surface area contributed by atoms with Crippen LogP contribution in [0.1, 0.15) is 57.3 Å². The molecule has 3 N–H and O–H groups in total. The van der Waals surface area contributed by atoms with Gasteiger partial charge in [-0.05, 0) is 50.5 Å². The van der Waals surface area contributed by atoms with Crippen molar-refractivity contribution in [1.29, 1.82) is 0 Å². The number of piperidine rings is 1. The fourth-order valence-corrected chi connectivity index (χ4v) is 3.57. The maximum absolute atomic E-state index is 13.0. The van der Waals surface area contributed by atoms with Crippen LogP contribution in [-0.2, 0) is 4.74 Å². The summed E-state index contributed by atoms with van der Waals surface area (Å²) in [7, 11) is 0. The molecule has 1 fully saturated rings. The van der Waals surface area contributed by atoms with Crippen molar-refractivity contribution >= 4 is 34.8 Å². The van der Waals surface area contributed by atoms with Crippen molar-refractivity contribution in [3.05, 3.63) is 63.2 Å². The molecule has 3 rings (SSSR count). The van der Waals surface area contributed by atoms with Crippen LogP contribution in [0.15, 0.2) is 36.4 Å². The molecule has 0 bridgehead atoms. The molecule has 0 aromatic heterocycles. The molecule has 0 saturated carbocycles. The monoisotopic (exact) mass is 440 g/mol. The van der Waals surface area contributed by atoms with E-state index in [-0.39, 0.29) is 23.3 Å². The highest BCUT2D eigenvalue weighted by Crippen LogP contribution is 2.30. The summed E-state index contributed by atoms with van der Waals surface area (Å²) in [6, 6.07) is 8.16. The summed E-state index contributed by atoms with van der Waals surface area (Å²) in [6.07, 6.45) is 3.11. The van der Waals surface area contributed by atoms with E-state index in [0.29, 0.717) is 5.69 Å². The number of nitrogens with two attached hydrogens (primary N) is 1. The maximum atomic E-state index is 13.0. The second-order valence-electron chi connectivity index (χ2n) is 7.34. The van der Waals surface area contributed by atoms with Crippen LogP contribution < -0.4 is 16.0 Å². The summed E-state index contributed by atoms with van der Waals surface area (Å²) in [5, 5.41) is 14.0. The van der Waals surface area contributed by atoms with Gasteiger partial charge in [-0.25, -0.2) is 4.79 Å².